The van der Waals surface area contributed by atoms with Crippen LogP contribution in [-0.4, -0.2) is 18.6 Å². The van der Waals surface area contributed by atoms with Crippen LogP contribution in [0.15, 0.2) is 36.4 Å². The maximum Gasteiger partial charge on any atom is 0.161 e. The molecule has 22 heavy (non-hydrogen) atoms. The molecule has 6 heteroatoms. The van der Waals surface area contributed by atoms with Crippen LogP contribution in [0.4, 0.5) is 10.2 Å². The maximum absolute atomic E-state index is 13.7. The van der Waals surface area contributed by atoms with E-state index < -0.39 is 0 Å². The molecule has 3 aromatic rings. The van der Waals surface area contributed by atoms with Crippen LogP contribution in [0.5, 0.6) is 11.5 Å². The molecule has 0 aliphatic rings. The molecule has 1 heterocycles. The number of methoxy groups -OCH3 is 2. The summed E-state index contributed by atoms with van der Waals surface area (Å²) in [7, 11) is 3.21. The summed E-state index contributed by atoms with van der Waals surface area (Å²) in [6.45, 7) is 0.565. The summed E-state index contributed by atoms with van der Waals surface area (Å²) in [6.07, 6.45) is 0. The van der Waals surface area contributed by atoms with Crippen molar-refractivity contribution in [1.82, 2.24) is 4.37 Å². The van der Waals surface area contributed by atoms with Crippen LogP contribution in [0, 0.1) is 5.82 Å². The van der Waals surface area contributed by atoms with Crippen LogP contribution in [0.1, 0.15) is 5.56 Å². The third-order valence-electron chi connectivity index (χ3n) is 3.36. The number of hydrogen-bond donors (Lipinski definition) is 1. The van der Waals surface area contributed by atoms with Crippen molar-refractivity contribution < 1.29 is 13.9 Å². The number of aromatic nitrogens is 1. The predicted molar refractivity (Wildman–Crippen MR) is 86.5 cm³/mol. The molecule has 1 N–H and O–H groups in total. The molecule has 4 nitrogen and oxygen atoms in total. The second kappa shape index (κ2) is 6.19. The van der Waals surface area contributed by atoms with Gasteiger partial charge in [-0.05, 0) is 41.4 Å². The van der Waals surface area contributed by atoms with Gasteiger partial charge in [-0.15, -0.1) is 0 Å². The van der Waals surface area contributed by atoms with Gasteiger partial charge in [0, 0.05) is 11.9 Å². The first kappa shape index (κ1) is 14.6. The zero-order valence-electron chi connectivity index (χ0n) is 12.2. The van der Waals surface area contributed by atoms with Crippen LogP contribution in [0.25, 0.3) is 10.1 Å². The maximum atomic E-state index is 13.7. The van der Waals surface area contributed by atoms with Crippen LogP contribution in [0.3, 0.4) is 0 Å². The first-order valence-corrected chi connectivity index (χ1v) is 7.49. The van der Waals surface area contributed by atoms with E-state index in [9.17, 15) is 4.39 Å². The molecule has 0 saturated heterocycles. The van der Waals surface area contributed by atoms with Crippen LogP contribution in [-0.2, 0) is 6.54 Å². The highest BCUT2D eigenvalue weighted by Gasteiger charge is 2.10. The summed E-state index contributed by atoms with van der Waals surface area (Å²) in [6, 6.07) is 10.7. The first-order valence-electron chi connectivity index (χ1n) is 6.71. The molecule has 0 bridgehead atoms. The second-order valence-electron chi connectivity index (χ2n) is 4.69. The molecule has 114 valence electrons. The molecule has 3 rings (SSSR count). The molecular weight excluding hydrogens is 303 g/mol. The van der Waals surface area contributed by atoms with Gasteiger partial charge in [-0.3, -0.25) is 0 Å². The highest BCUT2D eigenvalue weighted by atomic mass is 32.1. The number of nitrogens with one attached hydrogen (secondary N) is 1. The Morgan fingerprint density at radius 2 is 1.95 bits per heavy atom. The summed E-state index contributed by atoms with van der Waals surface area (Å²) in [5.41, 5.74) is 1.02. The summed E-state index contributed by atoms with van der Waals surface area (Å²) in [5.74, 6) is 1.81. The lowest BCUT2D eigenvalue weighted by atomic mass is 10.2. The number of benzene rings is 2. The van der Waals surface area contributed by atoms with Gasteiger partial charge >= 0.3 is 0 Å². The molecule has 0 atom stereocenters. The Labute approximate surface area is 131 Å². The van der Waals surface area contributed by atoms with E-state index in [0.717, 1.165) is 22.5 Å². The lowest BCUT2D eigenvalue weighted by Crippen LogP contribution is -2.01. The lowest BCUT2D eigenvalue weighted by Gasteiger charge is -2.10. The number of nitrogens with zero attached hydrogens (tertiary/aromatic N) is 1. The Kier molecular flexibility index (Phi) is 4.11. The minimum atomic E-state index is -0.242. The minimum absolute atomic E-state index is 0.242. The van der Waals surface area contributed by atoms with E-state index in [4.69, 9.17) is 9.47 Å². The standard InChI is InChI=1S/C16H15FN2O2S/c1-20-13-7-6-10(8-14(13)21-2)9-18-16-11-4-3-5-12(17)15(11)22-19-16/h3-8H,9H2,1-2H3,(H,18,19). The number of hydrogen-bond acceptors (Lipinski definition) is 5. The van der Waals surface area contributed by atoms with E-state index in [1.807, 2.05) is 24.3 Å². The lowest BCUT2D eigenvalue weighted by molar-refractivity contribution is 0.354. The number of anilines is 1. The normalized spacial score (nSPS) is 10.7. The minimum Gasteiger partial charge on any atom is -0.493 e. The Morgan fingerprint density at radius 1 is 1.14 bits per heavy atom. The highest BCUT2D eigenvalue weighted by Crippen LogP contribution is 2.30. The van der Waals surface area contributed by atoms with Gasteiger partial charge in [0.2, 0.25) is 0 Å². The highest BCUT2D eigenvalue weighted by molar-refractivity contribution is 7.13. The van der Waals surface area contributed by atoms with Crippen molar-refractivity contribution in [3.05, 3.63) is 47.8 Å². The molecule has 0 radical (unpaired) electrons. The van der Waals surface area contributed by atoms with Gasteiger partial charge in [-0.25, -0.2) is 4.39 Å². The molecular formula is C16H15FN2O2S. The topological polar surface area (TPSA) is 43.4 Å². The van der Waals surface area contributed by atoms with Gasteiger partial charge < -0.3 is 14.8 Å². The van der Waals surface area contributed by atoms with Crippen molar-refractivity contribution in [3.63, 3.8) is 0 Å². The van der Waals surface area contributed by atoms with Gasteiger partial charge in [-0.1, -0.05) is 12.1 Å². The van der Waals surface area contributed by atoms with Crippen molar-refractivity contribution in [1.29, 1.82) is 0 Å². The SMILES string of the molecule is COc1ccc(CNc2nsc3c(F)cccc23)cc1OC. The quantitative estimate of drug-likeness (QED) is 0.770. The summed E-state index contributed by atoms with van der Waals surface area (Å²) < 4.78 is 29.0. The van der Waals surface area contributed by atoms with E-state index in [1.54, 1.807) is 20.3 Å². The van der Waals surface area contributed by atoms with Crippen LogP contribution < -0.4 is 14.8 Å². The second-order valence-corrected chi connectivity index (χ2v) is 5.46. The van der Waals surface area contributed by atoms with Crippen molar-refractivity contribution in [2.75, 3.05) is 19.5 Å². The monoisotopic (exact) mass is 318 g/mol. The van der Waals surface area contributed by atoms with E-state index in [-0.39, 0.29) is 5.82 Å². The predicted octanol–water partition coefficient (Wildman–Crippen LogP) is 4.06. The van der Waals surface area contributed by atoms with E-state index in [0.29, 0.717) is 28.6 Å². The molecule has 0 aliphatic carbocycles. The number of fused-ring (bicyclic) bond motifs is 1. The molecule has 0 unspecified atom stereocenters. The van der Waals surface area contributed by atoms with Crippen molar-refractivity contribution >= 4 is 27.4 Å². The van der Waals surface area contributed by atoms with Crippen LogP contribution in [0.2, 0.25) is 0 Å². The van der Waals surface area contributed by atoms with Gasteiger partial charge in [0.1, 0.15) is 11.6 Å². The van der Waals surface area contributed by atoms with Crippen LogP contribution >= 0.6 is 11.5 Å². The molecule has 1 aromatic heterocycles. The third-order valence-corrected chi connectivity index (χ3v) is 4.23. The van der Waals surface area contributed by atoms with Gasteiger partial charge in [-0.2, -0.15) is 4.37 Å². The fraction of sp³-hybridized carbons (Fsp3) is 0.188. The third kappa shape index (κ3) is 2.69. The van der Waals surface area contributed by atoms with Gasteiger partial charge in [0.15, 0.2) is 11.5 Å². The van der Waals surface area contributed by atoms with Crippen molar-refractivity contribution in [2.24, 2.45) is 0 Å². The Balaban J connectivity index is 1.81. The van der Waals surface area contributed by atoms with E-state index in [2.05, 4.69) is 9.69 Å². The first-order chi connectivity index (χ1) is 10.7. The molecule has 0 amide bonds. The number of rotatable bonds is 5. The summed E-state index contributed by atoms with van der Waals surface area (Å²) in [4.78, 5) is 0. The van der Waals surface area contributed by atoms with E-state index in [1.165, 1.54) is 6.07 Å². The fourth-order valence-corrected chi connectivity index (χ4v) is 3.00. The van der Waals surface area contributed by atoms with Gasteiger partial charge in [0.05, 0.1) is 18.9 Å². The molecule has 0 fully saturated rings. The zero-order chi connectivity index (χ0) is 15.5. The van der Waals surface area contributed by atoms with E-state index >= 15 is 0 Å². The van der Waals surface area contributed by atoms with Crippen molar-refractivity contribution in [3.8, 4) is 11.5 Å². The Hall–Kier alpha value is -2.34. The number of halogens is 1. The Bertz CT molecular complexity index is 804. The van der Waals surface area contributed by atoms with Gasteiger partial charge in [0.25, 0.3) is 0 Å². The largest absolute Gasteiger partial charge is 0.493 e. The average Bonchev–Trinajstić information content (AvgIpc) is 2.97. The smallest absolute Gasteiger partial charge is 0.161 e. The molecule has 0 aliphatic heterocycles. The zero-order valence-corrected chi connectivity index (χ0v) is 13.0. The molecule has 0 saturated carbocycles. The summed E-state index contributed by atoms with van der Waals surface area (Å²) in [5, 5.41) is 4.03. The Morgan fingerprint density at radius 3 is 2.73 bits per heavy atom. The average molecular weight is 318 g/mol. The molecule has 2 aromatic carbocycles. The molecule has 0 spiro atoms. The fourth-order valence-electron chi connectivity index (χ4n) is 2.23. The summed E-state index contributed by atoms with van der Waals surface area (Å²) >= 11 is 1.16. The number of ether oxygens (including phenoxy) is 2. The van der Waals surface area contributed by atoms with Crippen molar-refractivity contribution in [2.45, 2.75) is 6.54 Å².